The zero-order valence-electron chi connectivity index (χ0n) is 16.2. The first-order valence-electron chi connectivity index (χ1n) is 9.78. The molecule has 0 spiro atoms. The van der Waals surface area contributed by atoms with E-state index < -0.39 is 0 Å². The number of hydrogen-bond acceptors (Lipinski definition) is 5. The number of amides is 1. The molecule has 0 radical (unpaired) electrons. The molecule has 150 valence electrons. The Hall–Kier alpha value is -3.03. The van der Waals surface area contributed by atoms with Crippen molar-refractivity contribution in [3.8, 4) is 0 Å². The Balaban J connectivity index is 1.31. The van der Waals surface area contributed by atoms with Crippen LogP contribution in [0.4, 0.5) is 0 Å². The Morgan fingerprint density at radius 3 is 2.55 bits per heavy atom. The summed E-state index contributed by atoms with van der Waals surface area (Å²) in [5, 5.41) is 8.29. The molecule has 1 aliphatic rings. The smallest absolute Gasteiger partial charge is 0.275 e. The fourth-order valence-electron chi connectivity index (χ4n) is 3.41. The van der Waals surface area contributed by atoms with E-state index in [1.165, 1.54) is 10.2 Å². The van der Waals surface area contributed by atoms with Gasteiger partial charge in [-0.3, -0.25) is 14.5 Å². The minimum atomic E-state index is -0.259. The number of morpholine rings is 1. The summed E-state index contributed by atoms with van der Waals surface area (Å²) < 4.78 is 6.57. The first kappa shape index (κ1) is 19.3. The molecular weight excluding hydrogens is 368 g/mol. The summed E-state index contributed by atoms with van der Waals surface area (Å²) in [5.41, 5.74) is 2.00. The van der Waals surface area contributed by atoms with Crippen LogP contribution < -0.4 is 10.9 Å². The van der Waals surface area contributed by atoms with Crippen LogP contribution in [-0.2, 0) is 29.2 Å². The standard InChI is InChI=1S/C22H24N4O3/c27-21(16-26-22(28)20-4-2-1-3-19(20)14-24-26)23-13-17-5-7-18(8-6-17)15-25-9-11-29-12-10-25/h1-8,14H,9-13,15-16H2,(H,23,27). The second-order valence-electron chi connectivity index (χ2n) is 7.18. The van der Waals surface area contributed by atoms with E-state index in [4.69, 9.17) is 4.74 Å². The molecule has 0 bridgehead atoms. The van der Waals surface area contributed by atoms with E-state index in [0.29, 0.717) is 11.9 Å². The maximum atomic E-state index is 12.4. The molecule has 3 aromatic rings. The van der Waals surface area contributed by atoms with E-state index in [-0.39, 0.29) is 18.0 Å². The van der Waals surface area contributed by atoms with Crippen molar-refractivity contribution in [1.29, 1.82) is 0 Å². The van der Waals surface area contributed by atoms with E-state index in [0.717, 1.165) is 43.8 Å². The third kappa shape index (κ3) is 4.88. The predicted molar refractivity (Wildman–Crippen MR) is 110 cm³/mol. The van der Waals surface area contributed by atoms with Crippen LogP contribution in [0.15, 0.2) is 59.5 Å². The van der Waals surface area contributed by atoms with Crippen LogP contribution in [0.3, 0.4) is 0 Å². The lowest BCUT2D eigenvalue weighted by atomic mass is 10.1. The third-order valence-corrected chi connectivity index (χ3v) is 5.08. The van der Waals surface area contributed by atoms with Gasteiger partial charge < -0.3 is 10.1 Å². The number of fused-ring (bicyclic) bond motifs is 1. The summed E-state index contributed by atoms with van der Waals surface area (Å²) in [6, 6.07) is 15.5. The second-order valence-corrected chi connectivity index (χ2v) is 7.18. The van der Waals surface area contributed by atoms with E-state index in [2.05, 4.69) is 27.4 Å². The molecule has 0 atom stereocenters. The lowest BCUT2D eigenvalue weighted by molar-refractivity contribution is -0.122. The van der Waals surface area contributed by atoms with Crippen LogP contribution in [0.1, 0.15) is 11.1 Å². The van der Waals surface area contributed by atoms with Crippen LogP contribution in [0.2, 0.25) is 0 Å². The SMILES string of the molecule is O=C(Cn1ncc2ccccc2c1=O)NCc1ccc(CN2CCOCC2)cc1. The van der Waals surface area contributed by atoms with Gasteiger partial charge in [0.2, 0.25) is 5.91 Å². The Bertz CT molecular complexity index is 1040. The fraction of sp³-hybridized carbons (Fsp3) is 0.318. The Labute approximate surface area is 168 Å². The molecule has 1 amide bonds. The second kappa shape index (κ2) is 8.98. The molecule has 0 unspecified atom stereocenters. The lowest BCUT2D eigenvalue weighted by Crippen LogP contribution is -2.35. The van der Waals surface area contributed by atoms with Gasteiger partial charge in [-0.2, -0.15) is 5.10 Å². The maximum absolute atomic E-state index is 12.4. The van der Waals surface area contributed by atoms with Crippen molar-refractivity contribution in [2.75, 3.05) is 26.3 Å². The van der Waals surface area contributed by atoms with Gasteiger partial charge in [0.1, 0.15) is 6.54 Å². The summed E-state index contributed by atoms with van der Waals surface area (Å²) in [6.45, 7) is 4.73. The zero-order chi connectivity index (χ0) is 20.1. The van der Waals surface area contributed by atoms with Crippen molar-refractivity contribution >= 4 is 16.7 Å². The summed E-state index contributed by atoms with van der Waals surface area (Å²) in [5.74, 6) is -0.243. The Kier molecular flexibility index (Phi) is 5.97. The maximum Gasteiger partial charge on any atom is 0.275 e. The zero-order valence-corrected chi connectivity index (χ0v) is 16.2. The highest BCUT2D eigenvalue weighted by Gasteiger charge is 2.11. The van der Waals surface area contributed by atoms with Crippen LogP contribution >= 0.6 is 0 Å². The number of rotatable bonds is 6. The number of benzene rings is 2. The molecular formula is C22H24N4O3. The highest BCUT2D eigenvalue weighted by atomic mass is 16.5. The first-order valence-corrected chi connectivity index (χ1v) is 9.78. The minimum Gasteiger partial charge on any atom is -0.379 e. The van der Waals surface area contributed by atoms with Crippen molar-refractivity contribution in [1.82, 2.24) is 20.0 Å². The predicted octanol–water partition coefficient (Wildman–Crippen LogP) is 1.55. The molecule has 7 nitrogen and oxygen atoms in total. The molecule has 1 N–H and O–H groups in total. The van der Waals surface area contributed by atoms with E-state index in [1.807, 2.05) is 24.3 Å². The van der Waals surface area contributed by atoms with E-state index in [9.17, 15) is 9.59 Å². The number of nitrogens with zero attached hydrogens (tertiary/aromatic N) is 3. The Morgan fingerprint density at radius 1 is 1.03 bits per heavy atom. The van der Waals surface area contributed by atoms with Gasteiger partial charge in [0.05, 0.1) is 24.8 Å². The van der Waals surface area contributed by atoms with Gasteiger partial charge in [0.25, 0.3) is 5.56 Å². The summed E-state index contributed by atoms with van der Waals surface area (Å²) >= 11 is 0. The molecule has 1 fully saturated rings. The first-order chi connectivity index (χ1) is 14.2. The third-order valence-electron chi connectivity index (χ3n) is 5.08. The lowest BCUT2D eigenvalue weighted by Gasteiger charge is -2.26. The number of aromatic nitrogens is 2. The van der Waals surface area contributed by atoms with Gasteiger partial charge in [0, 0.05) is 31.6 Å². The van der Waals surface area contributed by atoms with Gasteiger partial charge >= 0.3 is 0 Å². The van der Waals surface area contributed by atoms with Gasteiger partial charge in [-0.15, -0.1) is 0 Å². The van der Waals surface area contributed by atoms with Gasteiger partial charge in [-0.05, 0) is 17.2 Å². The van der Waals surface area contributed by atoms with Gasteiger partial charge in [0.15, 0.2) is 0 Å². The van der Waals surface area contributed by atoms with Gasteiger partial charge in [-0.1, -0.05) is 42.5 Å². The molecule has 4 rings (SSSR count). The topological polar surface area (TPSA) is 76.5 Å². The highest BCUT2D eigenvalue weighted by Crippen LogP contribution is 2.09. The van der Waals surface area contributed by atoms with Crippen LogP contribution in [-0.4, -0.2) is 46.9 Å². The molecule has 7 heteroatoms. The van der Waals surface area contributed by atoms with Crippen molar-refractivity contribution in [2.24, 2.45) is 0 Å². The summed E-state index contributed by atoms with van der Waals surface area (Å²) in [7, 11) is 0. The molecule has 2 heterocycles. The fourth-order valence-corrected chi connectivity index (χ4v) is 3.41. The number of nitrogens with one attached hydrogen (secondary N) is 1. The quantitative estimate of drug-likeness (QED) is 0.689. The number of carbonyl (C=O) groups excluding carboxylic acids is 1. The van der Waals surface area contributed by atoms with Crippen molar-refractivity contribution in [3.05, 3.63) is 76.2 Å². The van der Waals surface area contributed by atoms with Crippen molar-refractivity contribution < 1.29 is 9.53 Å². The van der Waals surface area contributed by atoms with E-state index in [1.54, 1.807) is 18.3 Å². The van der Waals surface area contributed by atoms with Crippen LogP contribution in [0, 0.1) is 0 Å². The molecule has 1 saturated heterocycles. The Morgan fingerprint density at radius 2 is 1.76 bits per heavy atom. The van der Waals surface area contributed by atoms with E-state index >= 15 is 0 Å². The molecule has 1 aliphatic heterocycles. The molecule has 1 aromatic heterocycles. The minimum absolute atomic E-state index is 0.0984. The average Bonchev–Trinajstić information content (AvgIpc) is 2.76. The summed E-state index contributed by atoms with van der Waals surface area (Å²) in [4.78, 5) is 27.1. The van der Waals surface area contributed by atoms with Crippen molar-refractivity contribution in [2.45, 2.75) is 19.6 Å². The molecule has 0 aliphatic carbocycles. The monoisotopic (exact) mass is 392 g/mol. The summed E-state index contributed by atoms with van der Waals surface area (Å²) in [6.07, 6.45) is 1.61. The largest absolute Gasteiger partial charge is 0.379 e. The van der Waals surface area contributed by atoms with Crippen molar-refractivity contribution in [3.63, 3.8) is 0 Å². The van der Waals surface area contributed by atoms with Gasteiger partial charge in [-0.25, -0.2) is 4.68 Å². The molecule has 2 aromatic carbocycles. The van der Waals surface area contributed by atoms with Crippen LogP contribution in [0.25, 0.3) is 10.8 Å². The molecule has 29 heavy (non-hydrogen) atoms. The highest BCUT2D eigenvalue weighted by molar-refractivity contribution is 5.81. The number of carbonyl (C=O) groups is 1. The normalized spacial score (nSPS) is 14.8. The molecule has 0 saturated carbocycles. The average molecular weight is 392 g/mol. The van der Waals surface area contributed by atoms with Crippen LogP contribution in [0.5, 0.6) is 0 Å². The number of hydrogen-bond donors (Lipinski definition) is 1. The number of ether oxygens (including phenoxy) is 1.